The normalized spacial score (nSPS) is 19.5. The van der Waals surface area contributed by atoms with Crippen molar-refractivity contribution in [2.75, 3.05) is 0 Å². The van der Waals surface area contributed by atoms with Crippen LogP contribution < -0.4 is 5.73 Å². The molecule has 0 saturated carbocycles. The molecule has 2 atom stereocenters. The molecule has 0 amide bonds. The van der Waals surface area contributed by atoms with E-state index in [9.17, 15) is 0 Å². The van der Waals surface area contributed by atoms with Crippen LogP contribution in [0.1, 0.15) is 34.4 Å². The molecule has 1 heterocycles. The Bertz CT molecular complexity index is 535. The molecule has 0 spiro atoms. The van der Waals surface area contributed by atoms with E-state index in [1.165, 1.54) is 22.4 Å². The summed E-state index contributed by atoms with van der Waals surface area (Å²) in [6, 6.07) is 11.0. The smallest absolute Gasteiger partial charge is 0.0396 e. The maximum absolute atomic E-state index is 6.27. The highest BCUT2D eigenvalue weighted by Gasteiger charge is 2.27. The largest absolute Gasteiger partial charge is 0.323 e. The monoisotopic (exact) mass is 307 g/mol. The average molecular weight is 308 g/mol. The molecule has 3 heteroatoms. The molecule has 0 fully saturated rings. The van der Waals surface area contributed by atoms with Gasteiger partial charge < -0.3 is 5.73 Å². The molecule has 0 radical (unpaired) electrons. The van der Waals surface area contributed by atoms with E-state index in [1.54, 1.807) is 11.3 Å². The number of fused-ring (bicyclic) bond motifs is 1. The van der Waals surface area contributed by atoms with Crippen LogP contribution in [0, 0.1) is 0 Å². The molecule has 1 aromatic heterocycles. The zero-order valence-electron chi connectivity index (χ0n) is 9.40. The van der Waals surface area contributed by atoms with Gasteiger partial charge in [-0.15, -0.1) is 11.3 Å². The summed E-state index contributed by atoms with van der Waals surface area (Å²) >= 11 is 5.22. The van der Waals surface area contributed by atoms with E-state index < -0.39 is 0 Å². The van der Waals surface area contributed by atoms with Gasteiger partial charge in [-0.25, -0.2) is 0 Å². The molecule has 0 saturated heterocycles. The molecule has 2 unspecified atom stereocenters. The third-order valence-corrected chi connectivity index (χ3v) is 5.28. The van der Waals surface area contributed by atoms with Crippen molar-refractivity contribution >= 4 is 27.3 Å². The Morgan fingerprint density at radius 2 is 2.24 bits per heavy atom. The molecular formula is C14H14BrNS. The van der Waals surface area contributed by atoms with Crippen LogP contribution in [-0.2, 0) is 6.42 Å². The molecule has 1 aromatic carbocycles. The van der Waals surface area contributed by atoms with Crippen molar-refractivity contribution in [2.45, 2.75) is 24.8 Å². The maximum atomic E-state index is 6.27. The van der Waals surface area contributed by atoms with Gasteiger partial charge in [0, 0.05) is 20.8 Å². The van der Waals surface area contributed by atoms with Crippen molar-refractivity contribution in [3.63, 3.8) is 0 Å². The van der Waals surface area contributed by atoms with E-state index in [0.717, 1.165) is 10.9 Å². The Balaban J connectivity index is 1.70. The van der Waals surface area contributed by atoms with Crippen LogP contribution in [0.5, 0.6) is 0 Å². The number of hydrogen-bond donors (Lipinski definition) is 1. The van der Waals surface area contributed by atoms with E-state index in [2.05, 4.69) is 51.6 Å². The lowest BCUT2D eigenvalue weighted by molar-refractivity contribution is 0.502. The number of rotatable bonds is 3. The van der Waals surface area contributed by atoms with Gasteiger partial charge in [0.05, 0.1) is 0 Å². The first-order chi connectivity index (χ1) is 8.24. The van der Waals surface area contributed by atoms with Gasteiger partial charge in [-0.2, -0.15) is 0 Å². The predicted molar refractivity (Wildman–Crippen MR) is 76.5 cm³/mol. The molecule has 1 aliphatic rings. The summed E-state index contributed by atoms with van der Waals surface area (Å²) in [5.74, 6) is 0.655. The number of halogens is 1. The van der Waals surface area contributed by atoms with Crippen molar-refractivity contribution in [1.82, 2.24) is 0 Å². The van der Waals surface area contributed by atoms with Crippen LogP contribution in [0.4, 0.5) is 0 Å². The lowest BCUT2D eigenvalue weighted by Crippen LogP contribution is -2.22. The minimum atomic E-state index is 0.171. The first-order valence-corrected chi connectivity index (χ1v) is 7.48. The van der Waals surface area contributed by atoms with Crippen LogP contribution in [0.2, 0.25) is 0 Å². The summed E-state index contributed by atoms with van der Waals surface area (Å²) in [7, 11) is 0. The van der Waals surface area contributed by atoms with Crippen LogP contribution in [-0.4, -0.2) is 0 Å². The van der Waals surface area contributed by atoms with Gasteiger partial charge >= 0.3 is 0 Å². The molecule has 1 aliphatic carbocycles. The lowest BCUT2D eigenvalue weighted by atomic mass is 9.74. The highest BCUT2D eigenvalue weighted by Crippen LogP contribution is 2.41. The molecule has 0 aliphatic heterocycles. The lowest BCUT2D eigenvalue weighted by Gasteiger charge is -2.31. The number of hydrogen-bond acceptors (Lipinski definition) is 2. The maximum Gasteiger partial charge on any atom is 0.0396 e. The number of benzene rings is 1. The first kappa shape index (κ1) is 11.5. The second kappa shape index (κ2) is 4.56. The Labute approximate surface area is 114 Å². The molecule has 2 N–H and O–H groups in total. The molecule has 2 aromatic rings. The van der Waals surface area contributed by atoms with Crippen molar-refractivity contribution in [3.05, 3.63) is 56.2 Å². The van der Waals surface area contributed by atoms with Gasteiger partial charge in [0.25, 0.3) is 0 Å². The third kappa shape index (κ3) is 2.19. The fourth-order valence-corrected chi connectivity index (χ4v) is 3.98. The summed E-state index contributed by atoms with van der Waals surface area (Å²) < 4.78 is 1.14. The molecule has 88 valence electrons. The average Bonchev–Trinajstić information content (AvgIpc) is 2.73. The number of nitrogens with two attached hydrogens (primary N) is 1. The fourth-order valence-electron chi connectivity index (χ4n) is 2.52. The second-order valence-corrected chi connectivity index (χ2v) is 6.47. The van der Waals surface area contributed by atoms with Crippen LogP contribution in [0.3, 0.4) is 0 Å². The summed E-state index contributed by atoms with van der Waals surface area (Å²) in [4.78, 5) is 1.28. The van der Waals surface area contributed by atoms with E-state index in [-0.39, 0.29) is 6.04 Å². The Hall–Kier alpha value is -0.640. The fraction of sp³-hybridized carbons (Fsp3) is 0.286. The second-order valence-electron chi connectivity index (χ2n) is 4.61. The van der Waals surface area contributed by atoms with E-state index in [1.807, 2.05) is 0 Å². The summed E-state index contributed by atoms with van der Waals surface area (Å²) in [6.45, 7) is 0. The SMILES string of the molecule is NC(CC1Cc2ccccc21)c1cc(Br)cs1. The molecular weight excluding hydrogens is 294 g/mol. The molecule has 0 bridgehead atoms. The number of thiophene rings is 1. The minimum Gasteiger partial charge on any atom is -0.323 e. The first-order valence-electron chi connectivity index (χ1n) is 5.81. The van der Waals surface area contributed by atoms with Gasteiger partial charge in [-0.3, -0.25) is 0 Å². The highest BCUT2D eigenvalue weighted by atomic mass is 79.9. The Morgan fingerprint density at radius 3 is 2.94 bits per heavy atom. The van der Waals surface area contributed by atoms with Crippen LogP contribution >= 0.6 is 27.3 Å². The van der Waals surface area contributed by atoms with Gasteiger partial charge in [-0.1, -0.05) is 24.3 Å². The van der Waals surface area contributed by atoms with Gasteiger partial charge in [0.1, 0.15) is 0 Å². The minimum absolute atomic E-state index is 0.171. The summed E-state index contributed by atoms with van der Waals surface area (Å²) in [5.41, 5.74) is 9.26. The zero-order chi connectivity index (χ0) is 11.8. The Kier molecular flexibility index (Phi) is 3.07. The van der Waals surface area contributed by atoms with Crippen molar-refractivity contribution in [2.24, 2.45) is 5.73 Å². The van der Waals surface area contributed by atoms with Crippen molar-refractivity contribution in [3.8, 4) is 0 Å². The molecule has 1 nitrogen and oxygen atoms in total. The predicted octanol–water partition coefficient (Wildman–Crippen LogP) is 4.24. The quantitative estimate of drug-likeness (QED) is 0.901. The van der Waals surface area contributed by atoms with E-state index in [0.29, 0.717) is 5.92 Å². The zero-order valence-corrected chi connectivity index (χ0v) is 11.8. The van der Waals surface area contributed by atoms with E-state index >= 15 is 0 Å². The standard InChI is InChI=1S/C14H14BrNS/c15-11-7-14(17-8-11)13(16)6-10-5-9-3-1-2-4-12(9)10/h1-4,7-8,10,13H,5-6,16H2. The van der Waals surface area contributed by atoms with E-state index in [4.69, 9.17) is 5.73 Å². The van der Waals surface area contributed by atoms with Crippen LogP contribution in [0.25, 0.3) is 0 Å². The molecule has 17 heavy (non-hydrogen) atoms. The third-order valence-electron chi connectivity index (χ3n) is 3.45. The topological polar surface area (TPSA) is 26.0 Å². The highest BCUT2D eigenvalue weighted by molar-refractivity contribution is 9.10. The Morgan fingerprint density at radius 1 is 1.41 bits per heavy atom. The van der Waals surface area contributed by atoms with Gasteiger partial charge in [0.15, 0.2) is 0 Å². The summed E-state index contributed by atoms with van der Waals surface area (Å²) in [5, 5.41) is 2.10. The van der Waals surface area contributed by atoms with Crippen LogP contribution in [0.15, 0.2) is 40.2 Å². The van der Waals surface area contributed by atoms with Crippen molar-refractivity contribution in [1.29, 1.82) is 0 Å². The van der Waals surface area contributed by atoms with Gasteiger partial charge in [0.2, 0.25) is 0 Å². The van der Waals surface area contributed by atoms with Gasteiger partial charge in [-0.05, 0) is 51.9 Å². The van der Waals surface area contributed by atoms with Crippen molar-refractivity contribution < 1.29 is 0 Å². The summed E-state index contributed by atoms with van der Waals surface area (Å²) in [6.07, 6.45) is 2.25. The molecule has 3 rings (SSSR count).